The summed E-state index contributed by atoms with van der Waals surface area (Å²) in [5, 5.41) is 11.7. The van der Waals surface area contributed by atoms with Gasteiger partial charge in [-0.05, 0) is 24.6 Å². The molecule has 2 N–H and O–H groups in total. The summed E-state index contributed by atoms with van der Waals surface area (Å²) in [7, 11) is 0. The molecular weight excluding hydrogens is 250 g/mol. The van der Waals surface area contributed by atoms with Crippen LogP contribution in [0.3, 0.4) is 0 Å². The topological polar surface area (TPSA) is 53.9 Å². The van der Waals surface area contributed by atoms with Crippen LogP contribution < -0.4 is 5.32 Å². The van der Waals surface area contributed by atoms with Gasteiger partial charge in [0.15, 0.2) is 5.76 Å². The molecule has 4 nitrogen and oxygen atoms in total. The molecule has 2 aromatic heterocycles. The first kappa shape index (κ1) is 12.9. The molecule has 3 rings (SSSR count). The van der Waals surface area contributed by atoms with Gasteiger partial charge in [-0.15, -0.1) is 0 Å². The fourth-order valence-electron chi connectivity index (χ4n) is 2.26. The molecule has 1 aromatic carbocycles. The van der Waals surface area contributed by atoms with E-state index >= 15 is 0 Å². The summed E-state index contributed by atoms with van der Waals surface area (Å²) in [5.74, 6) is 1.47. The van der Waals surface area contributed by atoms with Crippen molar-refractivity contribution in [3.05, 3.63) is 42.1 Å². The molecule has 0 atom stereocenters. The normalized spacial score (nSPS) is 11.6. The molecule has 0 amide bonds. The zero-order valence-corrected chi connectivity index (χ0v) is 11.8. The van der Waals surface area contributed by atoms with Crippen molar-refractivity contribution in [1.29, 1.82) is 0 Å². The minimum absolute atomic E-state index is 0.636. The molecule has 4 heteroatoms. The van der Waals surface area contributed by atoms with Crippen LogP contribution in [0, 0.1) is 5.92 Å². The van der Waals surface area contributed by atoms with Gasteiger partial charge in [-0.1, -0.05) is 32.0 Å². The van der Waals surface area contributed by atoms with Crippen molar-refractivity contribution in [3.8, 4) is 11.5 Å². The summed E-state index contributed by atoms with van der Waals surface area (Å²) in [6, 6.07) is 10.1. The number of nitrogens with one attached hydrogen (secondary N) is 2. The lowest BCUT2D eigenvalue weighted by molar-refractivity contribution is 0.552. The van der Waals surface area contributed by atoms with Crippen molar-refractivity contribution in [2.24, 2.45) is 5.92 Å². The molecule has 0 fully saturated rings. The molecule has 0 saturated carbocycles. The lowest BCUT2D eigenvalue weighted by atomic mass is 10.1. The molecule has 0 aliphatic carbocycles. The van der Waals surface area contributed by atoms with Crippen LogP contribution in [0.1, 0.15) is 19.4 Å². The molecule has 3 aromatic rings. The quantitative estimate of drug-likeness (QED) is 0.744. The summed E-state index contributed by atoms with van der Waals surface area (Å²) < 4.78 is 5.88. The number of hydrogen-bond donors (Lipinski definition) is 2. The van der Waals surface area contributed by atoms with E-state index in [1.54, 1.807) is 0 Å². The zero-order valence-electron chi connectivity index (χ0n) is 11.8. The van der Waals surface area contributed by atoms with Crippen molar-refractivity contribution < 1.29 is 4.42 Å². The Morgan fingerprint density at radius 1 is 1.30 bits per heavy atom. The Kier molecular flexibility index (Phi) is 3.56. The van der Waals surface area contributed by atoms with E-state index in [-0.39, 0.29) is 0 Å². The lowest BCUT2D eigenvalue weighted by Gasteiger charge is -2.06. The first-order valence-corrected chi connectivity index (χ1v) is 6.96. The van der Waals surface area contributed by atoms with Crippen LogP contribution in [0.15, 0.2) is 40.9 Å². The smallest absolute Gasteiger partial charge is 0.153 e. The molecule has 2 heterocycles. The third-order valence-corrected chi connectivity index (χ3v) is 3.26. The van der Waals surface area contributed by atoms with Gasteiger partial charge in [-0.3, -0.25) is 5.10 Å². The Hall–Kier alpha value is -2.07. The molecule has 104 valence electrons. The Morgan fingerprint density at radius 2 is 2.15 bits per heavy atom. The molecule has 0 unspecified atom stereocenters. The maximum atomic E-state index is 5.88. The molecule has 0 spiro atoms. The molecule has 0 radical (unpaired) electrons. The van der Waals surface area contributed by atoms with Crippen LogP contribution in [-0.2, 0) is 6.54 Å². The zero-order chi connectivity index (χ0) is 13.9. The van der Waals surface area contributed by atoms with Crippen LogP contribution in [-0.4, -0.2) is 16.7 Å². The summed E-state index contributed by atoms with van der Waals surface area (Å²) in [6.07, 6.45) is 1.86. The Labute approximate surface area is 118 Å². The summed E-state index contributed by atoms with van der Waals surface area (Å²) in [4.78, 5) is 0. The molecule has 20 heavy (non-hydrogen) atoms. The predicted molar refractivity (Wildman–Crippen MR) is 80.3 cm³/mol. The van der Waals surface area contributed by atoms with Crippen LogP contribution in [0.2, 0.25) is 0 Å². The van der Waals surface area contributed by atoms with Crippen molar-refractivity contribution >= 4 is 11.0 Å². The predicted octanol–water partition coefficient (Wildman–Crippen LogP) is 3.57. The largest absolute Gasteiger partial charge is 0.454 e. The van der Waals surface area contributed by atoms with E-state index < -0.39 is 0 Å². The first-order valence-electron chi connectivity index (χ1n) is 6.96. The Morgan fingerprint density at radius 3 is 2.95 bits per heavy atom. The number of hydrogen-bond acceptors (Lipinski definition) is 3. The van der Waals surface area contributed by atoms with Crippen LogP contribution >= 0.6 is 0 Å². The van der Waals surface area contributed by atoms with Crippen molar-refractivity contribution in [2.75, 3.05) is 6.54 Å². The summed E-state index contributed by atoms with van der Waals surface area (Å²) in [5.41, 5.74) is 2.99. The number of nitrogens with zero attached hydrogens (tertiary/aromatic N) is 1. The number of aromatic nitrogens is 2. The van der Waals surface area contributed by atoms with Crippen molar-refractivity contribution in [2.45, 2.75) is 20.4 Å². The van der Waals surface area contributed by atoms with Gasteiger partial charge in [0.05, 0.1) is 6.20 Å². The third-order valence-electron chi connectivity index (χ3n) is 3.26. The highest BCUT2D eigenvalue weighted by Crippen LogP contribution is 2.28. The van der Waals surface area contributed by atoms with Gasteiger partial charge in [0.1, 0.15) is 11.3 Å². The maximum Gasteiger partial charge on any atom is 0.153 e. The fourth-order valence-corrected chi connectivity index (χ4v) is 2.26. The highest BCUT2D eigenvalue weighted by atomic mass is 16.3. The minimum atomic E-state index is 0.636. The highest BCUT2D eigenvalue weighted by molar-refractivity contribution is 5.82. The molecule has 0 bridgehead atoms. The second kappa shape index (κ2) is 5.51. The molecular formula is C16H19N3O. The maximum absolute atomic E-state index is 5.88. The Balaban J connectivity index is 1.85. The number of para-hydroxylation sites is 1. The monoisotopic (exact) mass is 269 g/mol. The number of rotatable bonds is 5. The van der Waals surface area contributed by atoms with E-state index in [2.05, 4.69) is 41.5 Å². The van der Waals surface area contributed by atoms with Crippen LogP contribution in [0.25, 0.3) is 22.4 Å². The van der Waals surface area contributed by atoms with Gasteiger partial charge >= 0.3 is 0 Å². The summed E-state index contributed by atoms with van der Waals surface area (Å²) in [6.45, 7) is 6.18. The van der Waals surface area contributed by atoms with Crippen LogP contribution in [0.5, 0.6) is 0 Å². The van der Waals surface area contributed by atoms with Gasteiger partial charge in [-0.25, -0.2) is 0 Å². The number of fused-ring (bicyclic) bond motifs is 1. The van der Waals surface area contributed by atoms with Gasteiger partial charge in [0.2, 0.25) is 0 Å². The average molecular weight is 269 g/mol. The van der Waals surface area contributed by atoms with Gasteiger partial charge < -0.3 is 9.73 Å². The van der Waals surface area contributed by atoms with E-state index in [0.29, 0.717) is 5.92 Å². The van der Waals surface area contributed by atoms with E-state index in [1.165, 1.54) is 0 Å². The lowest BCUT2D eigenvalue weighted by Crippen LogP contribution is -2.18. The molecule has 0 aliphatic heterocycles. The molecule has 0 saturated heterocycles. The second-order valence-electron chi connectivity index (χ2n) is 5.44. The third kappa shape index (κ3) is 2.60. The molecule has 0 aliphatic rings. The van der Waals surface area contributed by atoms with Gasteiger partial charge in [0, 0.05) is 17.5 Å². The average Bonchev–Trinajstić information content (AvgIpc) is 3.03. The van der Waals surface area contributed by atoms with E-state index in [1.807, 2.05) is 24.4 Å². The van der Waals surface area contributed by atoms with Gasteiger partial charge in [0.25, 0.3) is 0 Å². The minimum Gasteiger partial charge on any atom is -0.454 e. The van der Waals surface area contributed by atoms with Crippen LogP contribution in [0.4, 0.5) is 0 Å². The SMILES string of the molecule is CC(C)CNCc1cn[nH]c1-c1cc2ccccc2o1. The second-order valence-corrected chi connectivity index (χ2v) is 5.44. The highest BCUT2D eigenvalue weighted by Gasteiger charge is 2.12. The number of H-pyrrole nitrogens is 1. The number of benzene rings is 1. The number of aromatic amines is 1. The first-order chi connectivity index (χ1) is 9.74. The van der Waals surface area contributed by atoms with E-state index in [9.17, 15) is 0 Å². The fraction of sp³-hybridized carbons (Fsp3) is 0.312. The van der Waals surface area contributed by atoms with Gasteiger partial charge in [-0.2, -0.15) is 5.10 Å². The Bertz CT molecular complexity index is 663. The standard InChI is InChI=1S/C16H19N3O/c1-11(2)8-17-9-13-10-18-19-16(13)15-7-12-5-3-4-6-14(12)20-15/h3-7,10-11,17H,8-9H2,1-2H3,(H,18,19). The van der Waals surface area contributed by atoms with Crippen molar-refractivity contribution in [1.82, 2.24) is 15.5 Å². The van der Waals surface area contributed by atoms with E-state index in [0.717, 1.165) is 41.1 Å². The number of furan rings is 1. The summed E-state index contributed by atoms with van der Waals surface area (Å²) >= 11 is 0. The van der Waals surface area contributed by atoms with E-state index in [4.69, 9.17) is 4.42 Å². The van der Waals surface area contributed by atoms with Crippen molar-refractivity contribution in [3.63, 3.8) is 0 Å².